The predicted octanol–water partition coefficient (Wildman–Crippen LogP) is 5.21. The minimum Gasteiger partial charge on any atom is -0.460 e. The third kappa shape index (κ3) is 3.46. The van der Waals surface area contributed by atoms with Crippen molar-refractivity contribution >= 4 is 5.97 Å². The Morgan fingerprint density at radius 1 is 1.03 bits per heavy atom. The Bertz CT molecular complexity index is 1060. The van der Waals surface area contributed by atoms with Gasteiger partial charge in [0.1, 0.15) is 18.2 Å². The zero-order valence-electron chi connectivity index (χ0n) is 16.3. The van der Waals surface area contributed by atoms with Crippen molar-refractivity contribution in [1.82, 2.24) is 0 Å². The van der Waals surface area contributed by atoms with Gasteiger partial charge in [-0.2, -0.15) is 0 Å². The monoisotopic (exact) mass is 404 g/mol. The minimum absolute atomic E-state index is 0.0466. The highest BCUT2D eigenvalue weighted by Crippen LogP contribution is 2.49. The molecule has 0 aromatic heterocycles. The molecule has 1 heterocycles. The van der Waals surface area contributed by atoms with Gasteiger partial charge in [-0.1, -0.05) is 60.7 Å². The van der Waals surface area contributed by atoms with Crippen LogP contribution in [0.2, 0.25) is 0 Å². The summed E-state index contributed by atoms with van der Waals surface area (Å²) in [6.07, 6.45) is 0.937. The van der Waals surface area contributed by atoms with E-state index in [4.69, 9.17) is 14.2 Å². The SMILES string of the molecule is O=C(OCc1cc(F)cc2c1O[C@H](c1ccccc1)OC2)C1(c2ccccc2)CC1. The Morgan fingerprint density at radius 3 is 2.43 bits per heavy atom. The zero-order valence-corrected chi connectivity index (χ0v) is 16.3. The van der Waals surface area contributed by atoms with Crippen molar-refractivity contribution in [1.29, 1.82) is 0 Å². The van der Waals surface area contributed by atoms with Crippen molar-refractivity contribution < 1.29 is 23.4 Å². The summed E-state index contributed by atoms with van der Waals surface area (Å²) in [7, 11) is 0. The number of fused-ring (bicyclic) bond motifs is 1. The minimum atomic E-state index is -0.585. The van der Waals surface area contributed by atoms with E-state index in [0.29, 0.717) is 16.9 Å². The molecule has 0 radical (unpaired) electrons. The van der Waals surface area contributed by atoms with Crippen LogP contribution >= 0.6 is 0 Å². The van der Waals surface area contributed by atoms with Gasteiger partial charge in [0.15, 0.2) is 0 Å². The number of hydrogen-bond donors (Lipinski definition) is 0. The Balaban J connectivity index is 1.36. The maximum absolute atomic E-state index is 14.2. The summed E-state index contributed by atoms with van der Waals surface area (Å²) in [5.74, 6) is -0.165. The first kappa shape index (κ1) is 18.8. The lowest BCUT2D eigenvalue weighted by molar-refractivity contribution is -0.148. The van der Waals surface area contributed by atoms with E-state index in [1.807, 2.05) is 60.7 Å². The molecule has 0 amide bonds. The smallest absolute Gasteiger partial charge is 0.316 e. The average Bonchev–Trinajstić information content (AvgIpc) is 3.60. The summed E-state index contributed by atoms with van der Waals surface area (Å²) >= 11 is 0. The summed E-state index contributed by atoms with van der Waals surface area (Å²) in [6, 6.07) is 22.0. The summed E-state index contributed by atoms with van der Waals surface area (Å²) in [4.78, 5) is 12.9. The molecule has 3 aromatic carbocycles. The van der Waals surface area contributed by atoms with Crippen LogP contribution in [0.25, 0.3) is 0 Å². The second-order valence-corrected chi connectivity index (χ2v) is 7.75. The van der Waals surface area contributed by atoms with E-state index in [-0.39, 0.29) is 19.2 Å². The van der Waals surface area contributed by atoms with Gasteiger partial charge in [-0.05, 0) is 30.5 Å². The van der Waals surface area contributed by atoms with Gasteiger partial charge in [-0.3, -0.25) is 4.79 Å². The summed E-state index contributed by atoms with van der Waals surface area (Å²) in [6.45, 7) is 0.177. The number of carbonyl (C=O) groups is 1. The average molecular weight is 404 g/mol. The fourth-order valence-corrected chi connectivity index (χ4v) is 3.93. The highest BCUT2D eigenvalue weighted by atomic mass is 19.1. The molecule has 1 fully saturated rings. The lowest BCUT2D eigenvalue weighted by Gasteiger charge is -2.28. The number of hydrogen-bond acceptors (Lipinski definition) is 4. The maximum Gasteiger partial charge on any atom is 0.316 e. The Morgan fingerprint density at radius 2 is 1.73 bits per heavy atom. The van der Waals surface area contributed by atoms with Crippen molar-refractivity contribution in [3.8, 4) is 5.75 Å². The molecule has 30 heavy (non-hydrogen) atoms. The van der Waals surface area contributed by atoms with Crippen molar-refractivity contribution in [3.63, 3.8) is 0 Å². The lowest BCUT2D eigenvalue weighted by Crippen LogP contribution is -2.24. The number of carbonyl (C=O) groups excluding carboxylic acids is 1. The first-order chi connectivity index (χ1) is 14.7. The van der Waals surface area contributed by atoms with Crippen LogP contribution in [0.3, 0.4) is 0 Å². The van der Waals surface area contributed by atoms with E-state index in [2.05, 4.69) is 0 Å². The van der Waals surface area contributed by atoms with Crippen LogP contribution < -0.4 is 4.74 Å². The quantitative estimate of drug-likeness (QED) is 0.548. The van der Waals surface area contributed by atoms with E-state index in [0.717, 1.165) is 24.0 Å². The highest BCUT2D eigenvalue weighted by Gasteiger charge is 2.52. The fraction of sp³-hybridized carbons (Fsp3) is 0.240. The number of esters is 1. The molecule has 0 bridgehead atoms. The standard InChI is InChI=1S/C25H21FO4/c26-21-13-18-15-28-23(17-7-3-1-4-8-17)30-22(18)19(14-21)16-29-24(27)25(11-12-25)20-9-5-2-6-10-20/h1-10,13-14,23H,11-12,15-16H2/t23-/m1/s1. The van der Waals surface area contributed by atoms with E-state index >= 15 is 0 Å². The Labute approximate surface area is 174 Å². The first-order valence-electron chi connectivity index (χ1n) is 10.0. The third-order valence-electron chi connectivity index (χ3n) is 5.72. The van der Waals surface area contributed by atoms with E-state index in [9.17, 15) is 9.18 Å². The van der Waals surface area contributed by atoms with Gasteiger partial charge in [0, 0.05) is 16.7 Å². The molecule has 0 spiro atoms. The van der Waals surface area contributed by atoms with Crippen molar-refractivity contribution in [3.05, 3.63) is 101 Å². The van der Waals surface area contributed by atoms with E-state index in [1.54, 1.807) is 0 Å². The molecule has 0 N–H and O–H groups in total. The molecule has 0 saturated heterocycles. The largest absolute Gasteiger partial charge is 0.460 e. The molecule has 3 aromatic rings. The van der Waals surface area contributed by atoms with E-state index in [1.165, 1.54) is 12.1 Å². The van der Waals surface area contributed by atoms with Gasteiger partial charge in [0.2, 0.25) is 6.29 Å². The van der Waals surface area contributed by atoms with Crippen LogP contribution in [0.5, 0.6) is 5.75 Å². The number of rotatable bonds is 5. The van der Waals surface area contributed by atoms with Crippen LogP contribution in [0.15, 0.2) is 72.8 Å². The second kappa shape index (κ2) is 7.58. The molecule has 2 aliphatic rings. The summed E-state index contributed by atoms with van der Waals surface area (Å²) in [5.41, 5.74) is 2.37. The van der Waals surface area contributed by atoms with Crippen molar-refractivity contribution in [2.45, 2.75) is 37.8 Å². The molecule has 4 nitrogen and oxygen atoms in total. The number of ether oxygens (including phenoxy) is 3. The van der Waals surface area contributed by atoms with Gasteiger partial charge in [0.05, 0.1) is 12.0 Å². The normalized spacial score (nSPS) is 18.8. The molecular formula is C25H21FO4. The van der Waals surface area contributed by atoms with E-state index < -0.39 is 17.5 Å². The summed E-state index contributed by atoms with van der Waals surface area (Å²) < 4.78 is 31.6. The highest BCUT2D eigenvalue weighted by molar-refractivity contribution is 5.86. The predicted molar refractivity (Wildman–Crippen MR) is 108 cm³/mol. The topological polar surface area (TPSA) is 44.8 Å². The van der Waals surface area contributed by atoms with Crippen molar-refractivity contribution in [2.24, 2.45) is 0 Å². The second-order valence-electron chi connectivity index (χ2n) is 7.75. The molecule has 5 heteroatoms. The lowest BCUT2D eigenvalue weighted by atomic mass is 9.96. The summed E-state index contributed by atoms with van der Waals surface area (Å²) in [5, 5.41) is 0. The van der Waals surface area contributed by atoms with Crippen LogP contribution in [0, 0.1) is 5.82 Å². The maximum atomic E-state index is 14.2. The van der Waals surface area contributed by atoms with Crippen LogP contribution in [0.1, 0.15) is 41.4 Å². The van der Waals surface area contributed by atoms with Gasteiger partial charge in [-0.15, -0.1) is 0 Å². The zero-order chi connectivity index (χ0) is 20.6. The molecular weight excluding hydrogens is 383 g/mol. The Hall–Kier alpha value is -3.18. The molecule has 1 saturated carbocycles. The van der Waals surface area contributed by atoms with Crippen molar-refractivity contribution in [2.75, 3.05) is 0 Å². The molecule has 1 aliphatic heterocycles. The number of halogens is 1. The van der Waals surface area contributed by atoms with Gasteiger partial charge in [-0.25, -0.2) is 4.39 Å². The molecule has 152 valence electrons. The fourth-order valence-electron chi connectivity index (χ4n) is 3.93. The third-order valence-corrected chi connectivity index (χ3v) is 5.72. The van der Waals surface area contributed by atoms with Crippen LogP contribution in [-0.2, 0) is 32.9 Å². The molecule has 1 atom stereocenters. The number of benzene rings is 3. The molecule has 0 unspecified atom stereocenters. The van der Waals surface area contributed by atoms with Crippen LogP contribution in [0.4, 0.5) is 4.39 Å². The van der Waals surface area contributed by atoms with Gasteiger partial charge in [0.25, 0.3) is 0 Å². The molecule has 5 rings (SSSR count). The van der Waals surface area contributed by atoms with Gasteiger partial charge < -0.3 is 14.2 Å². The first-order valence-corrected chi connectivity index (χ1v) is 10.0. The van der Waals surface area contributed by atoms with Crippen LogP contribution in [-0.4, -0.2) is 5.97 Å². The van der Waals surface area contributed by atoms with Gasteiger partial charge >= 0.3 is 5.97 Å². The Kier molecular flexibility index (Phi) is 4.75. The molecule has 1 aliphatic carbocycles.